The maximum absolute atomic E-state index is 12.9. The minimum absolute atomic E-state index is 0. The predicted octanol–water partition coefficient (Wildman–Crippen LogP) is 2.08. The van der Waals surface area contributed by atoms with Gasteiger partial charge in [0.05, 0.1) is 11.9 Å². The van der Waals surface area contributed by atoms with E-state index >= 15 is 0 Å². The smallest absolute Gasteiger partial charge is 0.265 e. The number of nitrogens with zero attached hydrogens (tertiary/aromatic N) is 4. The standard InChI is InChI=1S/C16H21N5OS.ClH/c1-9-14(23-15(19-9)11-5-18-20(2)6-11)16(22)21-7-10-3-4-13(17)12(10)8-21;/h5-6,10,12-13H,3-4,7-8,17H2,1-2H3;1H. The highest BCUT2D eigenvalue weighted by molar-refractivity contribution is 7.17. The second kappa shape index (κ2) is 6.46. The van der Waals surface area contributed by atoms with E-state index in [0.717, 1.165) is 47.1 Å². The largest absolute Gasteiger partial charge is 0.337 e. The summed E-state index contributed by atoms with van der Waals surface area (Å²) >= 11 is 1.46. The van der Waals surface area contributed by atoms with E-state index in [2.05, 4.69) is 10.1 Å². The van der Waals surface area contributed by atoms with Gasteiger partial charge in [0.1, 0.15) is 9.88 Å². The highest BCUT2D eigenvalue weighted by Crippen LogP contribution is 2.38. The highest BCUT2D eigenvalue weighted by atomic mass is 35.5. The summed E-state index contributed by atoms with van der Waals surface area (Å²) in [6.45, 7) is 3.55. The van der Waals surface area contributed by atoms with Gasteiger partial charge in [0, 0.05) is 37.9 Å². The zero-order valence-electron chi connectivity index (χ0n) is 13.8. The van der Waals surface area contributed by atoms with Crippen molar-refractivity contribution in [2.75, 3.05) is 13.1 Å². The number of carbonyl (C=O) groups is 1. The van der Waals surface area contributed by atoms with E-state index in [0.29, 0.717) is 11.8 Å². The maximum atomic E-state index is 12.9. The summed E-state index contributed by atoms with van der Waals surface area (Å²) in [5, 5.41) is 5.03. The number of hydrogen-bond donors (Lipinski definition) is 1. The summed E-state index contributed by atoms with van der Waals surface area (Å²) < 4.78 is 1.75. The minimum atomic E-state index is 0. The number of thiazole rings is 1. The molecule has 0 aromatic carbocycles. The lowest BCUT2D eigenvalue weighted by Crippen LogP contribution is -2.33. The molecule has 3 heterocycles. The number of likely N-dealkylation sites (tertiary alicyclic amines) is 1. The van der Waals surface area contributed by atoms with Crippen LogP contribution in [0.4, 0.5) is 0 Å². The molecule has 2 aromatic rings. The Balaban J connectivity index is 0.00000169. The number of aryl methyl sites for hydroxylation is 2. The molecule has 2 aromatic heterocycles. The molecule has 3 atom stereocenters. The summed E-state index contributed by atoms with van der Waals surface area (Å²) in [6, 6.07) is 0.256. The number of fused-ring (bicyclic) bond motifs is 1. The number of nitrogens with two attached hydrogens (primary N) is 1. The lowest BCUT2D eigenvalue weighted by molar-refractivity contribution is 0.0783. The van der Waals surface area contributed by atoms with E-state index < -0.39 is 0 Å². The molecule has 1 saturated heterocycles. The maximum Gasteiger partial charge on any atom is 0.265 e. The van der Waals surface area contributed by atoms with E-state index in [-0.39, 0.29) is 24.4 Å². The van der Waals surface area contributed by atoms with Gasteiger partial charge in [-0.3, -0.25) is 9.48 Å². The van der Waals surface area contributed by atoms with Crippen LogP contribution in [0.1, 0.15) is 28.2 Å². The number of aromatic nitrogens is 3. The molecule has 2 fully saturated rings. The zero-order chi connectivity index (χ0) is 16.1. The molecule has 6 nitrogen and oxygen atoms in total. The molecule has 1 aliphatic carbocycles. The van der Waals surface area contributed by atoms with Crippen LogP contribution in [-0.4, -0.2) is 44.7 Å². The van der Waals surface area contributed by atoms with E-state index in [9.17, 15) is 4.79 Å². The van der Waals surface area contributed by atoms with Crippen molar-refractivity contribution in [3.05, 3.63) is 23.0 Å². The average Bonchev–Trinajstić information content (AvgIpc) is 3.25. The van der Waals surface area contributed by atoms with Gasteiger partial charge in [0.2, 0.25) is 0 Å². The van der Waals surface area contributed by atoms with Crippen molar-refractivity contribution in [3.63, 3.8) is 0 Å². The zero-order valence-corrected chi connectivity index (χ0v) is 15.4. The fourth-order valence-corrected chi connectivity index (χ4v) is 4.88. The molecule has 0 spiro atoms. The van der Waals surface area contributed by atoms with E-state index in [4.69, 9.17) is 5.73 Å². The molecular formula is C16H22ClN5OS. The second-order valence-corrected chi connectivity index (χ2v) is 7.71. The Labute approximate surface area is 151 Å². The third-order valence-electron chi connectivity index (χ3n) is 5.14. The van der Waals surface area contributed by atoms with Crippen molar-refractivity contribution in [2.45, 2.75) is 25.8 Å². The number of hydrogen-bond acceptors (Lipinski definition) is 5. The van der Waals surface area contributed by atoms with Crippen LogP contribution in [-0.2, 0) is 7.05 Å². The lowest BCUT2D eigenvalue weighted by Gasteiger charge is -2.18. The Bertz CT molecular complexity index is 757. The van der Waals surface area contributed by atoms with Gasteiger partial charge >= 0.3 is 0 Å². The van der Waals surface area contributed by atoms with Crippen molar-refractivity contribution >= 4 is 29.7 Å². The number of carbonyl (C=O) groups excluding carboxylic acids is 1. The van der Waals surface area contributed by atoms with Crippen LogP contribution in [0.3, 0.4) is 0 Å². The number of halogens is 1. The SMILES string of the molecule is Cc1nc(-c2cnn(C)c2)sc1C(=O)N1CC2CCC(N)C2C1.Cl. The van der Waals surface area contributed by atoms with Gasteiger partial charge in [-0.25, -0.2) is 4.98 Å². The van der Waals surface area contributed by atoms with E-state index in [1.807, 2.05) is 25.1 Å². The summed E-state index contributed by atoms with van der Waals surface area (Å²) in [5.41, 5.74) is 7.94. The van der Waals surface area contributed by atoms with Gasteiger partial charge in [0.15, 0.2) is 0 Å². The van der Waals surface area contributed by atoms with Crippen molar-refractivity contribution < 1.29 is 4.79 Å². The minimum Gasteiger partial charge on any atom is -0.337 e. The molecule has 130 valence electrons. The fourth-order valence-electron chi connectivity index (χ4n) is 3.87. The first-order valence-corrected chi connectivity index (χ1v) is 8.86. The Morgan fingerprint density at radius 2 is 2.17 bits per heavy atom. The van der Waals surface area contributed by atoms with Gasteiger partial charge in [-0.15, -0.1) is 23.7 Å². The van der Waals surface area contributed by atoms with E-state index in [1.54, 1.807) is 10.9 Å². The molecule has 3 unspecified atom stereocenters. The third kappa shape index (κ3) is 2.85. The van der Waals surface area contributed by atoms with Crippen LogP contribution in [0.15, 0.2) is 12.4 Å². The normalized spacial score (nSPS) is 25.6. The monoisotopic (exact) mass is 367 g/mol. The first kappa shape index (κ1) is 17.4. The number of amides is 1. The lowest BCUT2D eigenvalue weighted by atomic mass is 9.98. The molecule has 0 bridgehead atoms. The Kier molecular flexibility index (Phi) is 4.68. The summed E-state index contributed by atoms with van der Waals surface area (Å²) in [4.78, 5) is 20.2. The van der Waals surface area contributed by atoms with Gasteiger partial charge in [-0.05, 0) is 31.6 Å². The first-order chi connectivity index (χ1) is 11.0. The van der Waals surface area contributed by atoms with Crippen molar-refractivity contribution in [2.24, 2.45) is 24.6 Å². The van der Waals surface area contributed by atoms with Crippen LogP contribution in [0.5, 0.6) is 0 Å². The van der Waals surface area contributed by atoms with Crippen molar-refractivity contribution in [3.8, 4) is 10.6 Å². The van der Waals surface area contributed by atoms with Gasteiger partial charge < -0.3 is 10.6 Å². The quantitative estimate of drug-likeness (QED) is 0.881. The Morgan fingerprint density at radius 1 is 1.38 bits per heavy atom. The Hall–Kier alpha value is -1.44. The summed E-state index contributed by atoms with van der Waals surface area (Å²) in [5.74, 6) is 1.17. The third-order valence-corrected chi connectivity index (χ3v) is 6.34. The number of rotatable bonds is 2. The molecular weight excluding hydrogens is 346 g/mol. The molecule has 2 aliphatic rings. The topological polar surface area (TPSA) is 77.0 Å². The van der Waals surface area contributed by atoms with Crippen LogP contribution in [0.2, 0.25) is 0 Å². The fraction of sp³-hybridized carbons (Fsp3) is 0.562. The van der Waals surface area contributed by atoms with Gasteiger partial charge in [-0.1, -0.05) is 0 Å². The first-order valence-electron chi connectivity index (χ1n) is 8.04. The van der Waals surface area contributed by atoms with E-state index in [1.165, 1.54) is 11.3 Å². The summed E-state index contributed by atoms with van der Waals surface area (Å²) in [7, 11) is 1.88. The van der Waals surface area contributed by atoms with Gasteiger partial charge in [-0.2, -0.15) is 5.10 Å². The van der Waals surface area contributed by atoms with Crippen LogP contribution in [0.25, 0.3) is 10.6 Å². The van der Waals surface area contributed by atoms with Crippen molar-refractivity contribution in [1.82, 2.24) is 19.7 Å². The molecule has 2 N–H and O–H groups in total. The summed E-state index contributed by atoms with van der Waals surface area (Å²) in [6.07, 6.45) is 5.96. The molecule has 1 aliphatic heterocycles. The van der Waals surface area contributed by atoms with Crippen molar-refractivity contribution in [1.29, 1.82) is 0 Å². The van der Waals surface area contributed by atoms with Gasteiger partial charge in [0.25, 0.3) is 5.91 Å². The molecule has 24 heavy (non-hydrogen) atoms. The highest BCUT2D eigenvalue weighted by Gasteiger charge is 2.43. The molecule has 1 saturated carbocycles. The molecule has 1 amide bonds. The molecule has 8 heteroatoms. The predicted molar refractivity (Wildman–Crippen MR) is 96.4 cm³/mol. The molecule has 4 rings (SSSR count). The second-order valence-electron chi connectivity index (χ2n) is 6.71. The van der Waals surface area contributed by atoms with Crippen LogP contribution < -0.4 is 5.73 Å². The Morgan fingerprint density at radius 3 is 2.83 bits per heavy atom. The average molecular weight is 368 g/mol. The molecule has 0 radical (unpaired) electrons. The van der Waals surface area contributed by atoms with Crippen LogP contribution in [0, 0.1) is 18.8 Å². The van der Waals surface area contributed by atoms with Crippen LogP contribution >= 0.6 is 23.7 Å².